The highest BCUT2D eigenvalue weighted by Gasteiger charge is 2.29. The van der Waals surface area contributed by atoms with Gasteiger partial charge >= 0.3 is 0 Å². The molecule has 0 radical (unpaired) electrons. The lowest BCUT2D eigenvalue weighted by Crippen LogP contribution is -2.35. The van der Waals surface area contributed by atoms with Gasteiger partial charge in [-0.2, -0.15) is 0 Å². The molecule has 0 unspecified atom stereocenters. The zero-order valence-corrected chi connectivity index (χ0v) is 12.5. The van der Waals surface area contributed by atoms with Gasteiger partial charge in [0.2, 0.25) is 10.0 Å². The van der Waals surface area contributed by atoms with Gasteiger partial charge in [0.15, 0.2) is 0 Å². The molecule has 1 aliphatic carbocycles. The van der Waals surface area contributed by atoms with Crippen molar-refractivity contribution in [3.63, 3.8) is 0 Å². The minimum atomic E-state index is -3.62. The van der Waals surface area contributed by atoms with E-state index in [1.807, 2.05) is 0 Å². The van der Waals surface area contributed by atoms with Crippen LogP contribution < -0.4 is 4.72 Å². The summed E-state index contributed by atoms with van der Waals surface area (Å²) in [5.74, 6) is -0.267. The Hall–Kier alpha value is -0.990. The fraction of sp³-hybridized carbons (Fsp3) is 0.667. The number of aromatic nitrogens is 1. The summed E-state index contributed by atoms with van der Waals surface area (Å²) in [4.78, 5) is 16.1. The molecule has 6 nitrogen and oxygen atoms in total. The second-order valence-electron chi connectivity index (χ2n) is 5.29. The summed E-state index contributed by atoms with van der Waals surface area (Å²) in [5.41, 5.74) is 0.197. The number of thiazole rings is 1. The first-order valence-electron chi connectivity index (χ1n) is 6.61. The van der Waals surface area contributed by atoms with Crippen LogP contribution in [0.15, 0.2) is 5.38 Å². The summed E-state index contributed by atoms with van der Waals surface area (Å²) >= 11 is 1.42. The van der Waals surface area contributed by atoms with E-state index in [1.165, 1.54) is 11.3 Å². The molecule has 110 valence electrons. The van der Waals surface area contributed by atoms with E-state index < -0.39 is 15.9 Å². The molecule has 8 heteroatoms. The molecule has 1 N–H and O–H groups in total. The van der Waals surface area contributed by atoms with Gasteiger partial charge < -0.3 is 4.74 Å². The third-order valence-corrected chi connectivity index (χ3v) is 5.82. The Morgan fingerprint density at radius 2 is 2.25 bits per heavy atom. The van der Waals surface area contributed by atoms with E-state index in [9.17, 15) is 13.2 Å². The smallest absolute Gasteiger partial charge is 0.284 e. The molecular formula is C12H16N2O4S2. The van der Waals surface area contributed by atoms with Gasteiger partial charge in [0, 0.05) is 23.8 Å². The Morgan fingerprint density at radius 1 is 1.45 bits per heavy atom. The minimum Gasteiger partial charge on any atom is -0.381 e. The number of carbonyl (C=O) groups excluding carboxylic acids is 1. The van der Waals surface area contributed by atoms with Gasteiger partial charge in [0.05, 0.1) is 17.4 Å². The zero-order valence-electron chi connectivity index (χ0n) is 10.9. The molecule has 2 aliphatic rings. The number of nitrogens with zero attached hydrogens (tertiary/aromatic N) is 1. The largest absolute Gasteiger partial charge is 0.381 e. The predicted molar refractivity (Wildman–Crippen MR) is 74.3 cm³/mol. The van der Waals surface area contributed by atoms with Gasteiger partial charge in [-0.05, 0) is 19.3 Å². The molecule has 2 heterocycles. The van der Waals surface area contributed by atoms with Crippen molar-refractivity contribution in [2.24, 2.45) is 5.92 Å². The van der Waals surface area contributed by atoms with Gasteiger partial charge in [-0.25, -0.2) is 18.1 Å². The SMILES string of the molecule is O=C(NS(=O)(=O)C[C@H]1CCOC1)c1csc(C2CC2)n1. The van der Waals surface area contributed by atoms with Gasteiger partial charge in [0.1, 0.15) is 5.69 Å². The van der Waals surface area contributed by atoms with Crippen LogP contribution in [-0.2, 0) is 14.8 Å². The van der Waals surface area contributed by atoms with Gasteiger partial charge in [-0.15, -0.1) is 11.3 Å². The molecule has 3 rings (SSSR count). The van der Waals surface area contributed by atoms with Crippen molar-refractivity contribution in [3.05, 3.63) is 16.1 Å². The Morgan fingerprint density at radius 3 is 2.90 bits per heavy atom. The number of ether oxygens (including phenoxy) is 1. The van der Waals surface area contributed by atoms with E-state index in [4.69, 9.17) is 4.74 Å². The van der Waals surface area contributed by atoms with Crippen LogP contribution in [0.5, 0.6) is 0 Å². The third-order valence-electron chi connectivity index (χ3n) is 3.41. The van der Waals surface area contributed by atoms with Crippen molar-refractivity contribution >= 4 is 27.3 Å². The van der Waals surface area contributed by atoms with E-state index in [-0.39, 0.29) is 17.4 Å². The highest BCUT2D eigenvalue weighted by Crippen LogP contribution is 2.41. The molecular weight excluding hydrogens is 300 g/mol. The summed E-state index contributed by atoms with van der Waals surface area (Å²) in [6, 6.07) is 0. The van der Waals surface area contributed by atoms with E-state index in [0.717, 1.165) is 24.3 Å². The highest BCUT2D eigenvalue weighted by molar-refractivity contribution is 7.90. The normalized spacial score (nSPS) is 22.9. The maximum Gasteiger partial charge on any atom is 0.284 e. The molecule has 2 fully saturated rings. The number of sulfonamides is 1. The van der Waals surface area contributed by atoms with Crippen LogP contribution in [0.3, 0.4) is 0 Å². The van der Waals surface area contributed by atoms with E-state index >= 15 is 0 Å². The second-order valence-corrected chi connectivity index (χ2v) is 7.94. The molecule has 1 amide bonds. The van der Waals surface area contributed by atoms with Crippen molar-refractivity contribution in [3.8, 4) is 0 Å². The lowest BCUT2D eigenvalue weighted by molar-refractivity contribution is 0.0977. The lowest BCUT2D eigenvalue weighted by atomic mass is 10.2. The molecule has 0 bridgehead atoms. The Kier molecular flexibility index (Phi) is 3.78. The Labute approximate surface area is 121 Å². The topological polar surface area (TPSA) is 85.4 Å². The van der Waals surface area contributed by atoms with E-state index in [2.05, 4.69) is 9.71 Å². The Balaban J connectivity index is 1.61. The first-order chi connectivity index (χ1) is 9.53. The summed E-state index contributed by atoms with van der Waals surface area (Å²) < 4.78 is 31.1. The second kappa shape index (κ2) is 5.42. The third kappa shape index (κ3) is 3.36. The first-order valence-corrected chi connectivity index (χ1v) is 9.15. The fourth-order valence-electron chi connectivity index (χ4n) is 2.17. The van der Waals surface area contributed by atoms with Crippen molar-refractivity contribution in [2.75, 3.05) is 19.0 Å². The van der Waals surface area contributed by atoms with Gasteiger partial charge in [0.25, 0.3) is 5.91 Å². The summed E-state index contributed by atoms with van der Waals surface area (Å²) in [5, 5.41) is 2.55. The monoisotopic (exact) mass is 316 g/mol. The van der Waals surface area contributed by atoms with Crippen LogP contribution in [0.25, 0.3) is 0 Å². The average molecular weight is 316 g/mol. The number of rotatable bonds is 5. The van der Waals surface area contributed by atoms with Crippen molar-refractivity contribution in [1.82, 2.24) is 9.71 Å². The number of nitrogens with one attached hydrogen (secondary N) is 1. The number of hydrogen-bond donors (Lipinski definition) is 1. The van der Waals surface area contributed by atoms with Crippen molar-refractivity contribution in [1.29, 1.82) is 0 Å². The highest BCUT2D eigenvalue weighted by atomic mass is 32.2. The molecule has 0 aromatic carbocycles. The summed E-state index contributed by atoms with van der Waals surface area (Å²) in [7, 11) is -3.62. The molecule has 1 aromatic rings. The van der Waals surface area contributed by atoms with E-state index in [1.54, 1.807) is 5.38 Å². The first kappa shape index (κ1) is 14.0. The summed E-state index contributed by atoms with van der Waals surface area (Å²) in [6.07, 6.45) is 2.93. The van der Waals surface area contributed by atoms with E-state index in [0.29, 0.717) is 19.1 Å². The molecule has 20 heavy (non-hydrogen) atoms. The standard InChI is InChI=1S/C12H16N2O4S2/c15-11(10-6-19-12(13-10)9-1-2-9)14-20(16,17)7-8-3-4-18-5-8/h6,8-9H,1-5,7H2,(H,14,15)/t8-/m0/s1. The van der Waals surface area contributed by atoms with Crippen LogP contribution in [0.1, 0.15) is 40.7 Å². The van der Waals surface area contributed by atoms with Crippen LogP contribution in [0.2, 0.25) is 0 Å². The fourth-order valence-corrected chi connectivity index (χ4v) is 4.50. The average Bonchev–Trinajstić information content (AvgIpc) is 2.90. The van der Waals surface area contributed by atoms with Crippen LogP contribution in [0.4, 0.5) is 0 Å². The van der Waals surface area contributed by atoms with Crippen LogP contribution in [0, 0.1) is 5.92 Å². The minimum absolute atomic E-state index is 0.0299. The maximum absolute atomic E-state index is 11.9. The van der Waals surface area contributed by atoms with Crippen molar-refractivity contribution in [2.45, 2.75) is 25.2 Å². The molecule has 1 atom stereocenters. The Bertz CT molecular complexity index is 601. The number of hydrogen-bond acceptors (Lipinski definition) is 6. The lowest BCUT2D eigenvalue weighted by Gasteiger charge is -2.09. The number of amides is 1. The quantitative estimate of drug-likeness (QED) is 0.880. The van der Waals surface area contributed by atoms with Crippen LogP contribution in [-0.4, -0.2) is 38.3 Å². The molecule has 1 aliphatic heterocycles. The predicted octanol–water partition coefficient (Wildman–Crippen LogP) is 1.12. The zero-order chi connectivity index (χ0) is 14.2. The maximum atomic E-state index is 11.9. The van der Waals surface area contributed by atoms with Crippen molar-refractivity contribution < 1.29 is 17.9 Å². The van der Waals surface area contributed by atoms with Gasteiger partial charge in [-0.3, -0.25) is 4.79 Å². The molecule has 1 saturated heterocycles. The van der Waals surface area contributed by atoms with Crippen LogP contribution >= 0.6 is 11.3 Å². The molecule has 0 spiro atoms. The van der Waals surface area contributed by atoms with Gasteiger partial charge in [-0.1, -0.05) is 0 Å². The molecule has 1 saturated carbocycles. The summed E-state index contributed by atoms with van der Waals surface area (Å²) in [6.45, 7) is 1.03. The number of carbonyl (C=O) groups is 1. The molecule has 1 aromatic heterocycles.